The van der Waals surface area contributed by atoms with Crippen LogP contribution in [0.25, 0.3) is 11.5 Å². The molecule has 1 N–H and O–H groups in total. The van der Waals surface area contributed by atoms with Crippen LogP contribution in [-0.2, 0) is 10.0 Å². The second-order valence-corrected chi connectivity index (χ2v) is 7.97. The molecule has 0 amide bonds. The molecule has 0 fully saturated rings. The van der Waals surface area contributed by atoms with E-state index < -0.39 is 10.0 Å². The lowest BCUT2D eigenvalue weighted by molar-refractivity contribution is 0.414. The van der Waals surface area contributed by atoms with Gasteiger partial charge in [-0.25, -0.2) is 13.1 Å². The number of nitrogens with one attached hydrogen (secondary N) is 1. The maximum atomic E-state index is 12.1. The van der Waals surface area contributed by atoms with E-state index in [-0.39, 0.29) is 11.4 Å². The van der Waals surface area contributed by atoms with Crippen molar-refractivity contribution < 1.29 is 17.6 Å². The molecule has 0 saturated heterocycles. The summed E-state index contributed by atoms with van der Waals surface area (Å²) in [6.07, 6.45) is 0. The molecule has 0 bridgehead atoms. The standard InChI is InChI=1S/C17H17N3O4S2/c1-23-14-9-7-13(8-10-14)16-19-20-17(24-16)25-12-11-18-26(21,22)15-5-3-2-4-6-15/h2-10,18H,11-12H2,1H3. The van der Waals surface area contributed by atoms with E-state index in [2.05, 4.69) is 14.9 Å². The quantitative estimate of drug-likeness (QED) is 0.466. The van der Waals surface area contributed by atoms with Crippen LogP contribution in [-0.4, -0.2) is 38.0 Å². The van der Waals surface area contributed by atoms with Crippen molar-refractivity contribution in [1.29, 1.82) is 0 Å². The van der Waals surface area contributed by atoms with Crippen LogP contribution in [0, 0.1) is 0 Å². The van der Waals surface area contributed by atoms with Gasteiger partial charge < -0.3 is 9.15 Å². The Hall–Kier alpha value is -2.36. The summed E-state index contributed by atoms with van der Waals surface area (Å²) < 4.78 is 37.4. The molecule has 0 unspecified atom stereocenters. The number of hydrogen-bond acceptors (Lipinski definition) is 7. The molecule has 3 aromatic rings. The van der Waals surface area contributed by atoms with E-state index in [9.17, 15) is 8.42 Å². The van der Waals surface area contributed by atoms with Crippen LogP contribution in [0.3, 0.4) is 0 Å². The van der Waals surface area contributed by atoms with Crippen LogP contribution < -0.4 is 9.46 Å². The van der Waals surface area contributed by atoms with E-state index in [0.29, 0.717) is 16.9 Å². The van der Waals surface area contributed by atoms with E-state index in [1.807, 2.05) is 24.3 Å². The smallest absolute Gasteiger partial charge is 0.276 e. The molecule has 136 valence electrons. The Morgan fingerprint density at radius 2 is 1.81 bits per heavy atom. The Labute approximate surface area is 155 Å². The van der Waals surface area contributed by atoms with Crippen molar-refractivity contribution in [3.63, 3.8) is 0 Å². The minimum Gasteiger partial charge on any atom is -0.497 e. The Kier molecular flexibility index (Phi) is 5.92. The first-order valence-corrected chi connectivity index (χ1v) is 10.2. The number of methoxy groups -OCH3 is 1. The lowest BCUT2D eigenvalue weighted by Crippen LogP contribution is -2.25. The molecule has 0 atom stereocenters. The van der Waals surface area contributed by atoms with E-state index in [1.54, 1.807) is 37.4 Å². The van der Waals surface area contributed by atoms with E-state index in [1.165, 1.54) is 11.8 Å². The molecule has 7 nitrogen and oxygen atoms in total. The number of thioether (sulfide) groups is 1. The third-order valence-electron chi connectivity index (χ3n) is 3.42. The second kappa shape index (κ2) is 8.35. The van der Waals surface area contributed by atoms with Gasteiger partial charge in [-0.3, -0.25) is 0 Å². The van der Waals surface area contributed by atoms with Gasteiger partial charge in [0, 0.05) is 17.9 Å². The average molecular weight is 391 g/mol. The fraction of sp³-hybridized carbons (Fsp3) is 0.176. The van der Waals surface area contributed by atoms with Crippen LogP contribution in [0.5, 0.6) is 5.75 Å². The predicted octanol–water partition coefficient (Wildman–Crippen LogP) is 2.82. The first-order chi connectivity index (χ1) is 12.6. The number of sulfonamides is 1. The highest BCUT2D eigenvalue weighted by atomic mass is 32.2. The molecular weight excluding hydrogens is 374 g/mol. The minimum absolute atomic E-state index is 0.240. The fourth-order valence-electron chi connectivity index (χ4n) is 2.12. The van der Waals surface area contributed by atoms with Crippen LogP contribution >= 0.6 is 11.8 Å². The Morgan fingerprint density at radius 3 is 2.50 bits per heavy atom. The van der Waals surface area contributed by atoms with Gasteiger partial charge in [0.25, 0.3) is 5.22 Å². The highest BCUT2D eigenvalue weighted by Gasteiger charge is 2.13. The number of benzene rings is 2. The number of hydrogen-bond donors (Lipinski definition) is 1. The van der Waals surface area contributed by atoms with Gasteiger partial charge in [0.2, 0.25) is 15.9 Å². The number of rotatable bonds is 8. The molecule has 1 aromatic heterocycles. The van der Waals surface area contributed by atoms with Gasteiger partial charge in [0.05, 0.1) is 12.0 Å². The van der Waals surface area contributed by atoms with Crippen molar-refractivity contribution in [2.75, 3.05) is 19.4 Å². The Bertz CT molecular complexity index is 942. The SMILES string of the molecule is COc1ccc(-c2nnc(SCCNS(=O)(=O)c3ccccc3)o2)cc1. The molecule has 9 heteroatoms. The zero-order valence-electron chi connectivity index (χ0n) is 14.0. The highest BCUT2D eigenvalue weighted by Crippen LogP contribution is 2.24. The van der Waals surface area contributed by atoms with Crippen molar-refractivity contribution >= 4 is 21.8 Å². The van der Waals surface area contributed by atoms with Crippen molar-refractivity contribution in [3.05, 3.63) is 54.6 Å². The molecule has 0 aliphatic rings. The maximum Gasteiger partial charge on any atom is 0.276 e. The molecule has 0 aliphatic carbocycles. The topological polar surface area (TPSA) is 94.3 Å². The summed E-state index contributed by atoms with van der Waals surface area (Å²) in [7, 11) is -1.90. The lowest BCUT2D eigenvalue weighted by atomic mass is 10.2. The summed E-state index contributed by atoms with van der Waals surface area (Å²) in [6, 6.07) is 15.5. The zero-order chi connectivity index (χ0) is 18.4. The van der Waals surface area contributed by atoms with E-state index in [4.69, 9.17) is 9.15 Å². The van der Waals surface area contributed by atoms with Crippen LogP contribution in [0.4, 0.5) is 0 Å². The monoisotopic (exact) mass is 391 g/mol. The van der Waals surface area contributed by atoms with Crippen molar-refractivity contribution in [2.45, 2.75) is 10.1 Å². The van der Waals surface area contributed by atoms with Gasteiger partial charge in [-0.1, -0.05) is 30.0 Å². The molecule has 26 heavy (non-hydrogen) atoms. The predicted molar refractivity (Wildman–Crippen MR) is 98.6 cm³/mol. The van der Waals surface area contributed by atoms with Gasteiger partial charge in [0.15, 0.2) is 0 Å². The van der Waals surface area contributed by atoms with Crippen LogP contribution in [0.2, 0.25) is 0 Å². The number of aromatic nitrogens is 2. The van der Waals surface area contributed by atoms with Crippen LogP contribution in [0.1, 0.15) is 0 Å². The van der Waals surface area contributed by atoms with Gasteiger partial charge >= 0.3 is 0 Å². The Morgan fingerprint density at radius 1 is 1.08 bits per heavy atom. The maximum absolute atomic E-state index is 12.1. The minimum atomic E-state index is -3.50. The summed E-state index contributed by atoms with van der Waals surface area (Å²) in [5, 5.41) is 8.35. The van der Waals surface area contributed by atoms with Gasteiger partial charge in [0.1, 0.15) is 5.75 Å². The molecule has 0 radical (unpaired) electrons. The van der Waals surface area contributed by atoms with E-state index >= 15 is 0 Å². The summed E-state index contributed by atoms with van der Waals surface area (Å²) in [5.74, 6) is 1.62. The summed E-state index contributed by atoms with van der Waals surface area (Å²) in [6.45, 7) is 0.252. The molecular formula is C17H17N3O4S2. The van der Waals surface area contributed by atoms with E-state index in [0.717, 1.165) is 11.3 Å². The average Bonchev–Trinajstić information content (AvgIpc) is 3.15. The molecule has 0 aliphatic heterocycles. The third-order valence-corrected chi connectivity index (χ3v) is 5.71. The van der Waals surface area contributed by atoms with Crippen molar-refractivity contribution in [2.24, 2.45) is 0 Å². The molecule has 1 heterocycles. The zero-order valence-corrected chi connectivity index (χ0v) is 15.6. The number of nitrogens with zero attached hydrogens (tertiary/aromatic N) is 2. The second-order valence-electron chi connectivity index (χ2n) is 5.16. The highest BCUT2D eigenvalue weighted by molar-refractivity contribution is 7.99. The largest absolute Gasteiger partial charge is 0.497 e. The van der Waals surface area contributed by atoms with Crippen molar-refractivity contribution in [1.82, 2.24) is 14.9 Å². The molecule has 0 saturated carbocycles. The lowest BCUT2D eigenvalue weighted by Gasteiger charge is -2.05. The van der Waals surface area contributed by atoms with Gasteiger partial charge in [-0.2, -0.15) is 0 Å². The fourth-order valence-corrected chi connectivity index (χ4v) is 3.91. The van der Waals surface area contributed by atoms with Crippen LogP contribution in [0.15, 0.2) is 69.1 Å². The first-order valence-electron chi connectivity index (χ1n) is 7.74. The molecule has 2 aromatic carbocycles. The molecule has 0 spiro atoms. The normalized spacial score (nSPS) is 11.4. The van der Waals surface area contributed by atoms with Gasteiger partial charge in [-0.15, -0.1) is 10.2 Å². The van der Waals surface area contributed by atoms with Gasteiger partial charge in [-0.05, 0) is 36.4 Å². The summed E-state index contributed by atoms with van der Waals surface area (Å²) >= 11 is 1.29. The summed E-state index contributed by atoms with van der Waals surface area (Å²) in [4.78, 5) is 0.240. The van der Waals surface area contributed by atoms with Crippen molar-refractivity contribution in [3.8, 4) is 17.2 Å². The Balaban J connectivity index is 1.52. The summed E-state index contributed by atoms with van der Waals surface area (Å²) in [5.41, 5.74) is 0.787. The third kappa shape index (κ3) is 4.63. The number of ether oxygens (including phenoxy) is 1. The molecule has 3 rings (SSSR count). The first kappa shape index (κ1) is 18.4.